The van der Waals surface area contributed by atoms with E-state index < -0.39 is 29.7 Å². The van der Waals surface area contributed by atoms with Gasteiger partial charge < -0.3 is 9.47 Å². The Kier molecular flexibility index (Phi) is 3.00. The summed E-state index contributed by atoms with van der Waals surface area (Å²) in [4.78, 5) is 33.9. The molecule has 0 spiro atoms. The zero-order valence-electron chi connectivity index (χ0n) is 9.71. The minimum atomic E-state index is -0.512. The molecule has 0 aromatic heterocycles. The van der Waals surface area contributed by atoms with Gasteiger partial charge >= 0.3 is 17.9 Å². The van der Waals surface area contributed by atoms with E-state index in [0.29, 0.717) is 0 Å². The summed E-state index contributed by atoms with van der Waals surface area (Å²) < 4.78 is 9.56. The predicted octanol–water partition coefficient (Wildman–Crippen LogP) is 0.687. The summed E-state index contributed by atoms with van der Waals surface area (Å²) in [6, 6.07) is 0. The van der Waals surface area contributed by atoms with Gasteiger partial charge in [0.25, 0.3) is 0 Å². The van der Waals surface area contributed by atoms with Gasteiger partial charge in [0.15, 0.2) is 0 Å². The summed E-state index contributed by atoms with van der Waals surface area (Å²) in [7, 11) is 0. The molecule has 0 amide bonds. The summed E-state index contributed by atoms with van der Waals surface area (Å²) in [5.74, 6) is -2.61. The summed E-state index contributed by atoms with van der Waals surface area (Å²) >= 11 is 0. The van der Waals surface area contributed by atoms with Crippen molar-refractivity contribution in [3.05, 3.63) is 12.2 Å². The fraction of sp³-hybridized carbons (Fsp3) is 0.583. The Balaban J connectivity index is 2.17. The molecule has 1 aliphatic heterocycles. The van der Waals surface area contributed by atoms with Crippen LogP contribution in [0.15, 0.2) is 12.2 Å². The smallest absolute Gasteiger partial charge is 0.318 e. The highest BCUT2D eigenvalue weighted by atomic mass is 16.6. The first-order valence-corrected chi connectivity index (χ1v) is 5.58. The largest absolute Gasteiger partial charge is 0.465 e. The molecule has 5 heteroatoms. The van der Waals surface area contributed by atoms with Crippen molar-refractivity contribution in [2.24, 2.45) is 23.7 Å². The van der Waals surface area contributed by atoms with Crippen LogP contribution in [0.25, 0.3) is 0 Å². The van der Waals surface area contributed by atoms with Gasteiger partial charge in [-0.25, -0.2) is 0 Å². The lowest BCUT2D eigenvalue weighted by atomic mass is 9.73. The molecule has 92 valence electrons. The first-order chi connectivity index (χ1) is 8.00. The molecule has 1 saturated heterocycles. The van der Waals surface area contributed by atoms with Crippen LogP contribution in [-0.2, 0) is 23.9 Å². The number of hydrogen-bond donors (Lipinski definition) is 0. The number of ether oxygens (including phenoxy) is 2. The van der Waals surface area contributed by atoms with Crippen LogP contribution in [0.3, 0.4) is 0 Å². The summed E-state index contributed by atoms with van der Waals surface area (Å²) in [6.45, 7) is 3.29. The maximum absolute atomic E-state index is 11.6. The lowest BCUT2D eigenvalue weighted by Gasteiger charge is -2.28. The molecule has 17 heavy (non-hydrogen) atoms. The Labute approximate surface area is 98.8 Å². The zero-order chi connectivity index (χ0) is 12.6. The van der Waals surface area contributed by atoms with Crippen molar-refractivity contribution < 1.29 is 23.9 Å². The van der Waals surface area contributed by atoms with E-state index in [1.807, 2.05) is 19.1 Å². The standard InChI is InChI=1S/C12H14O5/c1-6-3-4-8(5-16-7(2)13)10-9(6)11(14)17-12(10)15/h3-4,6,8-10H,5H2,1-2H3/t6-,8-,9-,10+/m0/s1. The first kappa shape index (κ1) is 11.8. The molecule has 0 aromatic carbocycles. The van der Waals surface area contributed by atoms with Gasteiger partial charge in [0.2, 0.25) is 0 Å². The summed E-state index contributed by atoms with van der Waals surface area (Å²) in [5.41, 5.74) is 0. The van der Waals surface area contributed by atoms with E-state index in [2.05, 4.69) is 4.74 Å². The number of rotatable bonds is 2. The Hall–Kier alpha value is -1.65. The first-order valence-electron chi connectivity index (χ1n) is 5.58. The zero-order valence-corrected chi connectivity index (χ0v) is 9.71. The van der Waals surface area contributed by atoms with Gasteiger partial charge in [0, 0.05) is 12.8 Å². The molecule has 1 aliphatic carbocycles. The van der Waals surface area contributed by atoms with Gasteiger partial charge in [0.1, 0.15) is 0 Å². The van der Waals surface area contributed by atoms with Gasteiger partial charge in [-0.1, -0.05) is 19.1 Å². The van der Waals surface area contributed by atoms with E-state index in [4.69, 9.17) is 4.74 Å². The maximum Gasteiger partial charge on any atom is 0.318 e. The van der Waals surface area contributed by atoms with Gasteiger partial charge in [-0.05, 0) is 5.92 Å². The van der Waals surface area contributed by atoms with Crippen molar-refractivity contribution >= 4 is 17.9 Å². The summed E-state index contributed by atoms with van der Waals surface area (Å²) in [5, 5.41) is 0. The predicted molar refractivity (Wildman–Crippen MR) is 56.5 cm³/mol. The number of allylic oxidation sites excluding steroid dienone is 1. The van der Waals surface area contributed by atoms with Gasteiger partial charge in [-0.2, -0.15) is 0 Å². The van der Waals surface area contributed by atoms with Gasteiger partial charge in [-0.15, -0.1) is 0 Å². The van der Waals surface area contributed by atoms with Crippen molar-refractivity contribution in [1.29, 1.82) is 0 Å². The van der Waals surface area contributed by atoms with Crippen molar-refractivity contribution in [3.8, 4) is 0 Å². The van der Waals surface area contributed by atoms with Crippen LogP contribution < -0.4 is 0 Å². The van der Waals surface area contributed by atoms with Crippen LogP contribution in [0, 0.1) is 23.7 Å². The van der Waals surface area contributed by atoms with Crippen LogP contribution in [-0.4, -0.2) is 24.5 Å². The molecule has 0 radical (unpaired) electrons. The van der Waals surface area contributed by atoms with Crippen LogP contribution >= 0.6 is 0 Å². The number of cyclic esters (lactones) is 2. The molecule has 1 fully saturated rings. The molecular weight excluding hydrogens is 224 g/mol. The third kappa shape index (κ3) is 2.09. The van der Waals surface area contributed by atoms with Crippen LogP contribution in [0.1, 0.15) is 13.8 Å². The van der Waals surface area contributed by atoms with E-state index in [9.17, 15) is 14.4 Å². The number of esters is 3. The van der Waals surface area contributed by atoms with E-state index in [1.165, 1.54) is 6.92 Å². The fourth-order valence-electron chi connectivity index (χ4n) is 2.44. The van der Waals surface area contributed by atoms with Gasteiger partial charge in [0.05, 0.1) is 18.4 Å². The van der Waals surface area contributed by atoms with Crippen molar-refractivity contribution in [2.75, 3.05) is 6.61 Å². The quantitative estimate of drug-likeness (QED) is 0.402. The van der Waals surface area contributed by atoms with Crippen molar-refractivity contribution in [3.63, 3.8) is 0 Å². The molecular formula is C12H14O5. The Morgan fingerprint density at radius 3 is 2.59 bits per heavy atom. The van der Waals surface area contributed by atoms with Crippen LogP contribution in [0.4, 0.5) is 0 Å². The third-order valence-electron chi connectivity index (χ3n) is 3.30. The van der Waals surface area contributed by atoms with E-state index in [0.717, 1.165) is 0 Å². The molecule has 4 atom stereocenters. The Bertz CT molecular complexity index is 398. The average Bonchev–Trinajstić information content (AvgIpc) is 2.55. The Morgan fingerprint density at radius 2 is 1.94 bits per heavy atom. The van der Waals surface area contributed by atoms with Crippen molar-refractivity contribution in [1.82, 2.24) is 0 Å². The molecule has 0 bridgehead atoms. The number of hydrogen-bond acceptors (Lipinski definition) is 5. The molecule has 0 saturated carbocycles. The van der Waals surface area contributed by atoms with Crippen molar-refractivity contribution in [2.45, 2.75) is 13.8 Å². The lowest BCUT2D eigenvalue weighted by Crippen LogP contribution is -2.35. The number of carbonyl (C=O) groups excluding carboxylic acids is 3. The highest BCUT2D eigenvalue weighted by Gasteiger charge is 2.51. The Morgan fingerprint density at radius 1 is 1.29 bits per heavy atom. The second kappa shape index (κ2) is 4.31. The number of fused-ring (bicyclic) bond motifs is 1. The van der Waals surface area contributed by atoms with Crippen LogP contribution in [0.2, 0.25) is 0 Å². The van der Waals surface area contributed by atoms with E-state index in [1.54, 1.807) is 0 Å². The van der Waals surface area contributed by atoms with Crippen LogP contribution in [0.5, 0.6) is 0 Å². The fourth-order valence-corrected chi connectivity index (χ4v) is 2.44. The highest BCUT2D eigenvalue weighted by molar-refractivity contribution is 5.97. The molecule has 1 heterocycles. The van der Waals surface area contributed by atoms with E-state index >= 15 is 0 Å². The molecule has 5 nitrogen and oxygen atoms in total. The average molecular weight is 238 g/mol. The molecule has 0 unspecified atom stereocenters. The lowest BCUT2D eigenvalue weighted by molar-refractivity contribution is -0.155. The molecule has 2 aliphatic rings. The second-order valence-corrected chi connectivity index (χ2v) is 4.50. The topological polar surface area (TPSA) is 69.7 Å². The third-order valence-corrected chi connectivity index (χ3v) is 3.30. The minimum absolute atomic E-state index is 0.0208. The monoisotopic (exact) mass is 238 g/mol. The normalized spacial score (nSPS) is 35.4. The minimum Gasteiger partial charge on any atom is -0.465 e. The molecule has 2 rings (SSSR count). The SMILES string of the molecule is CC(=O)OC[C@@H]1C=C[C@H](C)[C@@H]2C(=O)OC(=O)[C@@H]21. The molecule has 0 aromatic rings. The highest BCUT2D eigenvalue weighted by Crippen LogP contribution is 2.40. The number of carbonyl (C=O) groups is 3. The summed E-state index contributed by atoms with van der Waals surface area (Å²) in [6.07, 6.45) is 3.70. The second-order valence-electron chi connectivity index (χ2n) is 4.50. The van der Waals surface area contributed by atoms with E-state index in [-0.39, 0.29) is 18.4 Å². The maximum atomic E-state index is 11.6. The molecule has 0 N–H and O–H groups in total. The van der Waals surface area contributed by atoms with Gasteiger partial charge in [-0.3, -0.25) is 14.4 Å².